The average molecular weight is 108 g/mol. The minimum atomic E-state index is 0.951. The summed E-state index contributed by atoms with van der Waals surface area (Å²) in [5.74, 6) is 0. The Kier molecular flexibility index (Phi) is 1.16. The minimum absolute atomic E-state index is 0.951. The highest BCUT2D eigenvalue weighted by atomic mass is 15.1. The van der Waals surface area contributed by atoms with Gasteiger partial charge in [0, 0.05) is 5.22 Å². The number of aromatic nitrogens is 2. The van der Waals surface area contributed by atoms with E-state index in [0.717, 1.165) is 10.6 Å². The molecule has 2 heteroatoms. The van der Waals surface area contributed by atoms with Crippen LogP contribution < -0.4 is 10.6 Å². The first kappa shape index (κ1) is 5.09. The summed E-state index contributed by atoms with van der Waals surface area (Å²) < 4.78 is 0. The van der Waals surface area contributed by atoms with Gasteiger partial charge in [0.05, 0.1) is 11.5 Å². The number of hydrogen-bond donors (Lipinski definition) is 1. The monoisotopic (exact) mass is 108 g/mol. The molecule has 0 aliphatic rings. The molecule has 0 atom stereocenters. The Labute approximate surface area is 47.5 Å². The van der Waals surface area contributed by atoms with Crippen LogP contribution in [0.2, 0.25) is 0 Å². The molecule has 2 nitrogen and oxygen atoms in total. The molecule has 0 fully saturated rings. The average Bonchev–Trinajstić information content (AvgIpc) is 2.14. The number of nitrogens with zero attached hydrogens (tertiary/aromatic N) is 1. The molecule has 0 amide bonds. The van der Waals surface area contributed by atoms with E-state index in [0.29, 0.717) is 0 Å². The van der Waals surface area contributed by atoms with Crippen LogP contribution in [0.3, 0.4) is 0 Å². The van der Waals surface area contributed by atoms with E-state index in [1.807, 2.05) is 13.0 Å². The number of rotatable bonds is 0. The molecule has 42 valence electrons. The third-order valence-electron chi connectivity index (χ3n) is 1.04. The van der Waals surface area contributed by atoms with Crippen molar-refractivity contribution in [3.63, 3.8) is 0 Å². The van der Waals surface area contributed by atoms with Gasteiger partial charge in [-0.05, 0) is 6.92 Å². The number of H-pyrrole nitrogens is 1. The van der Waals surface area contributed by atoms with Crippen LogP contribution in [-0.2, 0) is 0 Å². The van der Waals surface area contributed by atoms with Crippen LogP contribution in [0.15, 0.2) is 6.20 Å². The van der Waals surface area contributed by atoms with Crippen LogP contribution in [-0.4, -0.2) is 10.2 Å². The Bertz CT molecular complexity index is 258. The van der Waals surface area contributed by atoms with E-state index >= 15 is 0 Å². The van der Waals surface area contributed by atoms with E-state index in [-0.39, 0.29) is 0 Å². The molecular weight excluding hydrogens is 100 g/mol. The van der Waals surface area contributed by atoms with Gasteiger partial charge in [-0.15, -0.1) is 0 Å². The maximum Gasteiger partial charge on any atom is 0.0601 e. The fourth-order valence-corrected chi connectivity index (χ4v) is 0.571. The van der Waals surface area contributed by atoms with E-state index in [1.54, 1.807) is 6.20 Å². The first-order chi connectivity index (χ1) is 3.84. The van der Waals surface area contributed by atoms with Gasteiger partial charge in [-0.2, -0.15) is 5.10 Å². The molecule has 0 bridgehead atoms. The molecule has 0 radical (unpaired) electrons. The van der Waals surface area contributed by atoms with Crippen LogP contribution >= 0.6 is 0 Å². The predicted octanol–water partition coefficient (Wildman–Crippen LogP) is -0.380. The Morgan fingerprint density at radius 2 is 2.62 bits per heavy atom. The van der Waals surface area contributed by atoms with Crippen LogP contribution in [0.4, 0.5) is 0 Å². The topological polar surface area (TPSA) is 28.7 Å². The standard InChI is InChI=1S/C6H8N2/c1-3-6-5(2)4-7-8-6/h3-4,8H,2H2,1H3/b6-3-. The second-order valence-corrected chi connectivity index (χ2v) is 1.60. The zero-order chi connectivity index (χ0) is 5.98. The summed E-state index contributed by atoms with van der Waals surface area (Å²) in [7, 11) is 0. The zero-order valence-electron chi connectivity index (χ0n) is 4.81. The Balaban J connectivity index is 3.55. The van der Waals surface area contributed by atoms with Gasteiger partial charge in [-0.25, -0.2) is 0 Å². The molecule has 0 spiro atoms. The smallest absolute Gasteiger partial charge is 0.0601 e. The van der Waals surface area contributed by atoms with Crippen molar-refractivity contribution in [1.29, 1.82) is 0 Å². The normalized spacial score (nSPS) is 12.4. The molecular formula is C6H8N2. The van der Waals surface area contributed by atoms with Gasteiger partial charge in [-0.3, -0.25) is 5.10 Å². The number of nitrogens with one attached hydrogen (secondary N) is 1. The molecule has 0 saturated heterocycles. The first-order valence-corrected chi connectivity index (χ1v) is 2.49. The van der Waals surface area contributed by atoms with Crippen molar-refractivity contribution in [2.75, 3.05) is 0 Å². The second kappa shape index (κ2) is 1.82. The molecule has 1 N–H and O–H groups in total. The Hall–Kier alpha value is -1.05. The van der Waals surface area contributed by atoms with E-state index in [2.05, 4.69) is 16.8 Å². The van der Waals surface area contributed by atoms with Gasteiger partial charge in [0.2, 0.25) is 0 Å². The largest absolute Gasteiger partial charge is 0.278 e. The van der Waals surface area contributed by atoms with Crippen molar-refractivity contribution in [2.45, 2.75) is 6.92 Å². The van der Waals surface area contributed by atoms with E-state index in [4.69, 9.17) is 0 Å². The van der Waals surface area contributed by atoms with Gasteiger partial charge in [-0.1, -0.05) is 12.7 Å². The highest BCUT2D eigenvalue weighted by molar-refractivity contribution is 5.16. The maximum atomic E-state index is 3.77. The lowest BCUT2D eigenvalue weighted by molar-refractivity contribution is 1.06. The molecule has 1 rings (SSSR count). The van der Waals surface area contributed by atoms with Gasteiger partial charge in [0.25, 0.3) is 0 Å². The third-order valence-corrected chi connectivity index (χ3v) is 1.04. The number of aromatic amines is 1. The van der Waals surface area contributed by atoms with Crippen LogP contribution in [0, 0.1) is 0 Å². The summed E-state index contributed by atoms with van der Waals surface area (Å²) in [4.78, 5) is 0. The fourth-order valence-electron chi connectivity index (χ4n) is 0.571. The van der Waals surface area contributed by atoms with E-state index in [1.165, 1.54) is 0 Å². The van der Waals surface area contributed by atoms with Crippen molar-refractivity contribution in [3.8, 4) is 0 Å². The Morgan fingerprint density at radius 3 is 2.88 bits per heavy atom. The zero-order valence-corrected chi connectivity index (χ0v) is 4.81. The molecule has 1 heterocycles. The fraction of sp³-hybridized carbons (Fsp3) is 0.167. The van der Waals surface area contributed by atoms with Crippen LogP contribution in [0.5, 0.6) is 0 Å². The van der Waals surface area contributed by atoms with Crippen molar-refractivity contribution in [3.05, 3.63) is 16.8 Å². The molecule has 0 aliphatic carbocycles. The summed E-state index contributed by atoms with van der Waals surface area (Å²) >= 11 is 0. The minimum Gasteiger partial charge on any atom is -0.278 e. The molecule has 1 aromatic rings. The van der Waals surface area contributed by atoms with Gasteiger partial charge in [0.15, 0.2) is 0 Å². The lowest BCUT2D eigenvalue weighted by Crippen LogP contribution is -2.19. The quantitative estimate of drug-likeness (QED) is 0.482. The second-order valence-electron chi connectivity index (χ2n) is 1.60. The summed E-state index contributed by atoms with van der Waals surface area (Å²) in [5, 5.41) is 8.52. The number of hydrogen-bond acceptors (Lipinski definition) is 1. The Morgan fingerprint density at radius 1 is 1.88 bits per heavy atom. The third kappa shape index (κ3) is 0.644. The molecule has 0 unspecified atom stereocenters. The van der Waals surface area contributed by atoms with Crippen molar-refractivity contribution >= 4 is 12.7 Å². The highest BCUT2D eigenvalue weighted by Crippen LogP contribution is 1.51. The SMILES string of the molecule is C=c1cn[nH]/c1=C\C. The van der Waals surface area contributed by atoms with Crippen LogP contribution in [0.1, 0.15) is 6.92 Å². The summed E-state index contributed by atoms with van der Waals surface area (Å²) in [6.45, 7) is 5.67. The molecule has 0 saturated carbocycles. The van der Waals surface area contributed by atoms with E-state index in [9.17, 15) is 0 Å². The van der Waals surface area contributed by atoms with Gasteiger partial charge >= 0.3 is 0 Å². The lowest BCUT2D eigenvalue weighted by Gasteiger charge is -1.66. The summed E-state index contributed by atoms with van der Waals surface area (Å²) in [6, 6.07) is 0. The van der Waals surface area contributed by atoms with Crippen molar-refractivity contribution in [1.82, 2.24) is 10.2 Å². The molecule has 1 aromatic heterocycles. The van der Waals surface area contributed by atoms with Crippen molar-refractivity contribution < 1.29 is 0 Å². The lowest BCUT2D eigenvalue weighted by atomic mass is 10.4. The molecule has 0 aliphatic heterocycles. The molecule has 0 aromatic carbocycles. The highest BCUT2D eigenvalue weighted by Gasteiger charge is 1.76. The van der Waals surface area contributed by atoms with Gasteiger partial charge < -0.3 is 0 Å². The van der Waals surface area contributed by atoms with E-state index < -0.39 is 0 Å². The molecule has 8 heavy (non-hydrogen) atoms. The van der Waals surface area contributed by atoms with Crippen LogP contribution in [0.25, 0.3) is 12.7 Å². The van der Waals surface area contributed by atoms with Gasteiger partial charge in [0.1, 0.15) is 0 Å². The van der Waals surface area contributed by atoms with Crippen molar-refractivity contribution in [2.24, 2.45) is 0 Å². The first-order valence-electron chi connectivity index (χ1n) is 2.49. The maximum absolute atomic E-state index is 3.77. The summed E-state index contributed by atoms with van der Waals surface area (Å²) in [6.07, 6.45) is 3.64. The predicted molar refractivity (Wildman–Crippen MR) is 33.5 cm³/mol. The summed E-state index contributed by atoms with van der Waals surface area (Å²) in [5.41, 5.74) is 0.